The fraction of sp³-hybridized carbons (Fsp3) is 0.500. The van der Waals surface area contributed by atoms with Gasteiger partial charge in [-0.25, -0.2) is 4.79 Å². The smallest absolute Gasteiger partial charge is 0.408 e. The van der Waals surface area contributed by atoms with E-state index in [1.165, 1.54) is 4.57 Å². The van der Waals surface area contributed by atoms with Gasteiger partial charge < -0.3 is 14.9 Å². The molecular formula is C14H18N2O3. The Morgan fingerprint density at radius 3 is 2.95 bits per heavy atom. The quantitative estimate of drug-likeness (QED) is 0.891. The van der Waals surface area contributed by atoms with E-state index in [4.69, 9.17) is 14.9 Å². The minimum absolute atomic E-state index is 0.0351. The van der Waals surface area contributed by atoms with Crippen LogP contribution in [-0.4, -0.2) is 17.3 Å². The molecule has 1 aromatic heterocycles. The maximum Gasteiger partial charge on any atom is 0.419 e. The predicted molar refractivity (Wildman–Crippen MR) is 71.9 cm³/mol. The van der Waals surface area contributed by atoms with Crippen LogP contribution in [0.25, 0.3) is 11.1 Å². The zero-order valence-corrected chi connectivity index (χ0v) is 11.1. The van der Waals surface area contributed by atoms with Crippen LogP contribution in [-0.2, 0) is 11.8 Å². The zero-order valence-electron chi connectivity index (χ0n) is 11.1. The Morgan fingerprint density at radius 2 is 2.26 bits per heavy atom. The highest BCUT2D eigenvalue weighted by atomic mass is 16.5. The summed E-state index contributed by atoms with van der Waals surface area (Å²) in [5.41, 5.74) is 8.57. The summed E-state index contributed by atoms with van der Waals surface area (Å²) in [7, 11) is 1.69. The van der Waals surface area contributed by atoms with Crippen molar-refractivity contribution in [1.82, 2.24) is 4.57 Å². The van der Waals surface area contributed by atoms with Crippen molar-refractivity contribution < 1.29 is 9.15 Å². The standard InChI is InChI=1S/C14H18N2O3/c1-8-5-6-18-13(8)12(15)9-3-4-10-11(7-9)19-14(17)16(10)2/h3-4,7-8,12-13H,5-6,15H2,1-2H3. The Hall–Kier alpha value is -1.59. The molecular weight excluding hydrogens is 244 g/mol. The summed E-state index contributed by atoms with van der Waals surface area (Å²) in [6.07, 6.45) is 1.08. The Balaban J connectivity index is 1.99. The second-order valence-electron chi connectivity index (χ2n) is 5.28. The molecule has 1 aromatic carbocycles. The van der Waals surface area contributed by atoms with Crippen molar-refractivity contribution in [3.63, 3.8) is 0 Å². The van der Waals surface area contributed by atoms with Gasteiger partial charge in [-0.1, -0.05) is 13.0 Å². The van der Waals surface area contributed by atoms with Gasteiger partial charge in [-0.3, -0.25) is 4.57 Å². The van der Waals surface area contributed by atoms with E-state index in [1.807, 2.05) is 18.2 Å². The second kappa shape index (κ2) is 4.51. The topological polar surface area (TPSA) is 70.4 Å². The van der Waals surface area contributed by atoms with Crippen LogP contribution in [0.1, 0.15) is 24.9 Å². The molecule has 2 N–H and O–H groups in total. The third kappa shape index (κ3) is 1.99. The fourth-order valence-electron chi connectivity index (χ4n) is 2.72. The second-order valence-corrected chi connectivity index (χ2v) is 5.28. The van der Waals surface area contributed by atoms with E-state index >= 15 is 0 Å². The minimum Gasteiger partial charge on any atom is -0.408 e. The number of hydrogen-bond donors (Lipinski definition) is 1. The Morgan fingerprint density at radius 1 is 1.47 bits per heavy atom. The first kappa shape index (κ1) is 12.4. The maximum atomic E-state index is 11.5. The van der Waals surface area contributed by atoms with Gasteiger partial charge in [-0.05, 0) is 30.0 Å². The molecule has 0 saturated carbocycles. The molecule has 0 aliphatic carbocycles. The predicted octanol–water partition coefficient (Wildman–Crippen LogP) is 1.56. The average Bonchev–Trinajstić information content (AvgIpc) is 2.93. The summed E-state index contributed by atoms with van der Waals surface area (Å²) in [5, 5.41) is 0. The summed E-state index contributed by atoms with van der Waals surface area (Å²) in [6.45, 7) is 2.92. The lowest BCUT2D eigenvalue weighted by Gasteiger charge is -2.22. The number of oxazole rings is 1. The summed E-state index contributed by atoms with van der Waals surface area (Å²) in [6, 6.07) is 5.47. The lowest BCUT2D eigenvalue weighted by molar-refractivity contribution is 0.0725. The van der Waals surface area contributed by atoms with E-state index in [0.717, 1.165) is 24.1 Å². The van der Waals surface area contributed by atoms with Gasteiger partial charge in [-0.2, -0.15) is 0 Å². The Kier molecular flexibility index (Phi) is 2.95. The van der Waals surface area contributed by atoms with E-state index < -0.39 is 0 Å². The highest BCUT2D eigenvalue weighted by Gasteiger charge is 2.31. The molecule has 5 heteroatoms. The van der Waals surface area contributed by atoms with Crippen LogP contribution >= 0.6 is 0 Å². The normalized spacial score (nSPS) is 25.0. The highest BCUT2D eigenvalue weighted by Crippen LogP contribution is 2.30. The molecule has 3 rings (SSSR count). The third-order valence-electron chi connectivity index (χ3n) is 4.00. The monoisotopic (exact) mass is 262 g/mol. The number of nitrogens with two attached hydrogens (primary N) is 1. The molecule has 3 atom stereocenters. The first-order chi connectivity index (χ1) is 9.08. The molecule has 0 bridgehead atoms. The number of hydrogen-bond acceptors (Lipinski definition) is 4. The lowest BCUT2D eigenvalue weighted by Crippen LogP contribution is -2.29. The van der Waals surface area contributed by atoms with E-state index in [9.17, 15) is 4.79 Å². The number of aromatic nitrogens is 1. The number of fused-ring (bicyclic) bond motifs is 1. The molecule has 0 amide bonds. The van der Waals surface area contributed by atoms with Gasteiger partial charge in [0.25, 0.3) is 0 Å². The number of benzene rings is 1. The van der Waals surface area contributed by atoms with Crippen LogP contribution in [0.15, 0.2) is 27.4 Å². The van der Waals surface area contributed by atoms with Crippen molar-refractivity contribution in [2.75, 3.05) is 6.61 Å². The first-order valence-electron chi connectivity index (χ1n) is 6.54. The summed E-state index contributed by atoms with van der Waals surface area (Å²) in [4.78, 5) is 11.5. The van der Waals surface area contributed by atoms with E-state index in [-0.39, 0.29) is 17.9 Å². The van der Waals surface area contributed by atoms with Crippen molar-refractivity contribution >= 4 is 11.1 Å². The minimum atomic E-state index is -0.355. The molecule has 0 spiro atoms. The Bertz CT molecular complexity index is 658. The fourth-order valence-corrected chi connectivity index (χ4v) is 2.72. The molecule has 102 valence electrons. The van der Waals surface area contributed by atoms with Crippen molar-refractivity contribution in [1.29, 1.82) is 0 Å². The summed E-state index contributed by atoms with van der Waals surface area (Å²) < 4.78 is 12.4. The van der Waals surface area contributed by atoms with Crippen molar-refractivity contribution in [2.45, 2.75) is 25.5 Å². The number of ether oxygens (including phenoxy) is 1. The van der Waals surface area contributed by atoms with Gasteiger partial charge in [0.1, 0.15) is 0 Å². The molecule has 2 aromatic rings. The van der Waals surface area contributed by atoms with E-state index in [1.54, 1.807) is 7.05 Å². The molecule has 0 radical (unpaired) electrons. The first-order valence-corrected chi connectivity index (χ1v) is 6.54. The highest BCUT2D eigenvalue weighted by molar-refractivity contribution is 5.73. The van der Waals surface area contributed by atoms with Crippen LogP contribution in [0.4, 0.5) is 0 Å². The van der Waals surface area contributed by atoms with E-state index in [0.29, 0.717) is 11.5 Å². The molecule has 1 saturated heterocycles. The molecule has 1 aliphatic rings. The van der Waals surface area contributed by atoms with Gasteiger partial charge in [0.2, 0.25) is 0 Å². The van der Waals surface area contributed by atoms with E-state index in [2.05, 4.69) is 6.92 Å². The van der Waals surface area contributed by atoms with Crippen LogP contribution < -0.4 is 11.5 Å². The molecule has 1 fully saturated rings. The largest absolute Gasteiger partial charge is 0.419 e. The van der Waals surface area contributed by atoms with Crippen molar-refractivity contribution in [3.8, 4) is 0 Å². The molecule has 5 nitrogen and oxygen atoms in total. The van der Waals surface area contributed by atoms with Gasteiger partial charge in [-0.15, -0.1) is 0 Å². The summed E-state index contributed by atoms with van der Waals surface area (Å²) >= 11 is 0. The third-order valence-corrected chi connectivity index (χ3v) is 4.00. The van der Waals surface area contributed by atoms with Gasteiger partial charge in [0, 0.05) is 13.7 Å². The molecule has 3 unspecified atom stereocenters. The number of nitrogens with zero attached hydrogens (tertiary/aromatic N) is 1. The van der Waals surface area contributed by atoms with Gasteiger partial charge in [0.15, 0.2) is 5.58 Å². The maximum absolute atomic E-state index is 11.5. The Labute approximate surface area is 111 Å². The SMILES string of the molecule is CC1CCOC1C(N)c1ccc2c(c1)oc(=O)n2C. The summed E-state index contributed by atoms with van der Waals surface area (Å²) in [5.74, 6) is 0.0969. The van der Waals surface area contributed by atoms with Gasteiger partial charge >= 0.3 is 5.76 Å². The average molecular weight is 262 g/mol. The van der Waals surface area contributed by atoms with Crippen molar-refractivity contribution in [2.24, 2.45) is 18.7 Å². The molecule has 19 heavy (non-hydrogen) atoms. The molecule has 1 aliphatic heterocycles. The zero-order chi connectivity index (χ0) is 13.6. The molecule has 2 heterocycles. The lowest BCUT2D eigenvalue weighted by atomic mass is 9.93. The van der Waals surface area contributed by atoms with Crippen LogP contribution in [0.5, 0.6) is 0 Å². The van der Waals surface area contributed by atoms with Crippen LogP contribution in [0, 0.1) is 5.92 Å². The number of rotatable bonds is 2. The van der Waals surface area contributed by atoms with Crippen LogP contribution in [0.2, 0.25) is 0 Å². The van der Waals surface area contributed by atoms with Gasteiger partial charge in [0.05, 0.1) is 17.7 Å². The van der Waals surface area contributed by atoms with Crippen LogP contribution in [0.3, 0.4) is 0 Å². The van der Waals surface area contributed by atoms with Crippen molar-refractivity contribution in [3.05, 3.63) is 34.3 Å². The number of aryl methyl sites for hydroxylation is 1.